The molecule has 0 radical (unpaired) electrons. The average Bonchev–Trinajstić information content (AvgIpc) is 0.732. The van der Waals surface area contributed by atoms with E-state index in [1.807, 2.05) is 141 Å². The van der Waals surface area contributed by atoms with Crippen molar-refractivity contribution in [1.82, 2.24) is 0 Å². The van der Waals surface area contributed by atoms with Crippen LogP contribution in [0, 0.1) is 0 Å². The van der Waals surface area contributed by atoms with E-state index in [1.165, 1.54) is 27.7 Å². The van der Waals surface area contributed by atoms with Crippen LogP contribution in [0.2, 0.25) is 0 Å². The number of carbonyl (C=O) groups excluding carboxylic acids is 4. The maximum atomic E-state index is 13.4. The molecule has 1 aliphatic carbocycles. The van der Waals surface area contributed by atoms with E-state index in [0.29, 0.717) is 116 Å². The van der Waals surface area contributed by atoms with Gasteiger partial charge < -0.3 is 80.2 Å². The second kappa shape index (κ2) is 26.2. The molecule has 4 atom stereocenters. The number of benzene rings is 8. The largest absolute Gasteiger partial charge is 0.507 e. The minimum absolute atomic E-state index is 0.0261. The smallest absolute Gasteiger partial charge is 0.221 e. The van der Waals surface area contributed by atoms with Crippen molar-refractivity contribution in [2.75, 3.05) is 67.8 Å². The minimum atomic E-state index is -0.580. The Bertz CT molecular complexity index is 3810. The fourth-order valence-electron chi connectivity index (χ4n) is 14.8. The molecule has 4 amide bonds. The van der Waals surface area contributed by atoms with Gasteiger partial charge >= 0.3 is 0 Å². The van der Waals surface area contributed by atoms with E-state index >= 15 is 0 Å². The number of ether oxygens (including phenoxy) is 4. The summed E-state index contributed by atoms with van der Waals surface area (Å²) >= 11 is 0. The highest BCUT2D eigenvalue weighted by Crippen LogP contribution is 2.58. The van der Waals surface area contributed by atoms with Crippen molar-refractivity contribution >= 4 is 69.1 Å². The predicted octanol–water partition coefficient (Wildman–Crippen LogP) is 14.2. The van der Waals surface area contributed by atoms with Crippen molar-refractivity contribution in [2.24, 2.45) is 0 Å². The SMILES string of the molecule is CCC1c2cc(c3c(c2O)CN(c2ccc(NC(C)=O)cc2)CO3)C(CC)c2cc(c3c(c2O)CN(c2ccc(NC(C)=O)cc2)CO3)C(CC)c2cc(c3c(c2O)CN(c2ccc(NC(C)=O)cc2)CO3)C(CC)c2cc1c1c(c2O)CN(c2ccc(NC(C)=O)cc2)CO1. The van der Waals surface area contributed by atoms with Crippen LogP contribution in [-0.2, 0) is 45.4 Å². The van der Waals surface area contributed by atoms with E-state index in [4.69, 9.17) is 18.9 Å². The minimum Gasteiger partial charge on any atom is -0.507 e. The van der Waals surface area contributed by atoms with Gasteiger partial charge in [-0.15, -0.1) is 0 Å². The number of nitrogens with one attached hydrogen (secondary N) is 4. The molecule has 5 aliphatic rings. The van der Waals surface area contributed by atoms with Gasteiger partial charge in [0.2, 0.25) is 23.6 Å². The maximum Gasteiger partial charge on any atom is 0.221 e. The molecule has 13 rings (SSSR count). The molecule has 8 aromatic carbocycles. The van der Waals surface area contributed by atoms with Crippen LogP contribution in [-0.4, -0.2) is 71.0 Å². The van der Waals surface area contributed by atoms with Crippen LogP contribution in [0.5, 0.6) is 46.0 Å². The zero-order chi connectivity index (χ0) is 67.4. The summed E-state index contributed by atoms with van der Waals surface area (Å²) in [5.74, 6) is -1.07. The first-order valence-corrected chi connectivity index (χ1v) is 32.9. The van der Waals surface area contributed by atoms with Gasteiger partial charge in [-0.2, -0.15) is 0 Å². The summed E-state index contributed by atoms with van der Waals surface area (Å²) in [6.07, 6.45) is 1.82. The molecule has 4 unspecified atom stereocenters. The van der Waals surface area contributed by atoms with Crippen molar-refractivity contribution < 1.29 is 58.6 Å². The normalized spacial score (nSPS) is 17.6. The Morgan fingerprint density at radius 2 is 0.521 bits per heavy atom. The molecular weight excluding hydrogens is 1220 g/mol. The van der Waals surface area contributed by atoms with E-state index in [2.05, 4.69) is 49.0 Å². The van der Waals surface area contributed by atoms with E-state index < -0.39 is 23.7 Å². The lowest BCUT2D eigenvalue weighted by Crippen LogP contribution is -2.34. The van der Waals surface area contributed by atoms with Crippen molar-refractivity contribution in [3.63, 3.8) is 0 Å². The van der Waals surface area contributed by atoms with Gasteiger partial charge in [-0.05, 0) is 147 Å². The van der Waals surface area contributed by atoms with Crippen LogP contribution in [0.1, 0.15) is 172 Å². The Morgan fingerprint density at radius 1 is 0.333 bits per heavy atom. The van der Waals surface area contributed by atoms with Gasteiger partial charge in [0, 0.05) is 141 Å². The zero-order valence-corrected chi connectivity index (χ0v) is 55.2. The van der Waals surface area contributed by atoms with E-state index in [0.717, 1.165) is 45.0 Å². The number of hydrogen-bond donors (Lipinski definition) is 8. The highest BCUT2D eigenvalue weighted by atomic mass is 16.5. The number of anilines is 8. The number of phenols is 4. The molecule has 96 heavy (non-hydrogen) atoms. The molecule has 0 spiro atoms. The fraction of sp³-hybridized carbons (Fsp3) is 0.316. The fourth-order valence-corrected chi connectivity index (χ4v) is 14.8. The monoisotopic (exact) mass is 1300 g/mol. The van der Waals surface area contributed by atoms with Crippen LogP contribution < -0.4 is 59.8 Å². The first-order chi connectivity index (χ1) is 46.3. The van der Waals surface area contributed by atoms with Gasteiger partial charge in [0.25, 0.3) is 0 Å². The molecular formula is C76H80N8O12. The highest BCUT2D eigenvalue weighted by Gasteiger charge is 2.41. The lowest BCUT2D eigenvalue weighted by atomic mass is 9.75. The van der Waals surface area contributed by atoms with Gasteiger partial charge in [-0.3, -0.25) is 19.2 Å². The summed E-state index contributed by atoms with van der Waals surface area (Å²) in [5.41, 5.74) is 13.1. The second-order valence-corrected chi connectivity index (χ2v) is 25.5. The topological polar surface area (TPSA) is 247 Å². The molecule has 0 aromatic heterocycles. The summed E-state index contributed by atoms with van der Waals surface area (Å²) in [6, 6.07) is 38.0. The molecule has 4 aliphatic heterocycles. The first-order valence-electron chi connectivity index (χ1n) is 32.9. The molecule has 8 aromatic rings. The van der Waals surface area contributed by atoms with Crippen LogP contribution in [0.25, 0.3) is 0 Å². The van der Waals surface area contributed by atoms with Crippen LogP contribution >= 0.6 is 0 Å². The lowest BCUT2D eigenvalue weighted by molar-refractivity contribution is -0.115. The number of rotatable bonds is 12. The van der Waals surface area contributed by atoms with Crippen molar-refractivity contribution in [2.45, 2.75) is 131 Å². The lowest BCUT2D eigenvalue weighted by Gasteiger charge is -2.38. The van der Waals surface area contributed by atoms with Gasteiger partial charge in [-0.25, -0.2) is 0 Å². The Balaban J connectivity index is 1.06. The number of carbonyl (C=O) groups is 4. The molecule has 8 bridgehead atoms. The maximum absolute atomic E-state index is 13.4. The molecule has 4 heterocycles. The number of amides is 4. The van der Waals surface area contributed by atoms with Gasteiger partial charge in [0.05, 0.1) is 48.4 Å². The summed E-state index contributed by atoms with van der Waals surface area (Å²) in [7, 11) is 0. The average molecular weight is 1300 g/mol. The predicted molar refractivity (Wildman–Crippen MR) is 371 cm³/mol. The Kier molecular flexibility index (Phi) is 17.5. The third kappa shape index (κ3) is 11.9. The van der Waals surface area contributed by atoms with Crippen molar-refractivity contribution in [3.05, 3.63) is 188 Å². The molecule has 8 N–H and O–H groups in total. The molecule has 20 heteroatoms. The number of fused-ring (bicyclic) bond motifs is 16. The standard InChI is InChI=1S/C76H80N8O12/c1-9-53-57-29-62(74-65(69(57)89)33-81(38-94-74)49-21-13-45(14-22-49)77-41(5)85)55(11-3)59-31-64(76-67(71(59)91)35-83(40-96-76)51-25-17-47(18-26-51)79-43(7)87)56(12-4)60-32-63(75-68(72(60)92)36-84(39-95-75)52-27-19-48(20-28-52)80-44(8)88)54(10-2)58-30-61(53)73-66(70(58)90)34-82(37-93-73)50-23-15-46(16-24-50)78-42(6)86/h13-32,53-56,89-92H,9-12,33-40H2,1-8H3,(H,77,85)(H,78,86)(H,79,87)(H,80,88). The van der Waals surface area contributed by atoms with E-state index in [-0.39, 0.29) is 99.7 Å². The first kappa shape index (κ1) is 64.0. The van der Waals surface area contributed by atoms with Crippen molar-refractivity contribution in [3.8, 4) is 46.0 Å². The zero-order valence-electron chi connectivity index (χ0n) is 55.2. The van der Waals surface area contributed by atoms with Gasteiger partial charge in [0.15, 0.2) is 26.9 Å². The molecule has 496 valence electrons. The molecule has 20 nitrogen and oxygen atoms in total. The Hall–Kier alpha value is -10.8. The van der Waals surface area contributed by atoms with Crippen LogP contribution in [0.15, 0.2) is 121 Å². The molecule has 0 saturated heterocycles. The summed E-state index contributed by atoms with van der Waals surface area (Å²) in [6.45, 7) is 15.4. The number of hydrogen-bond acceptors (Lipinski definition) is 16. The Morgan fingerprint density at radius 3 is 0.688 bits per heavy atom. The molecule has 0 fully saturated rings. The Labute approximate surface area is 558 Å². The number of nitrogens with zero attached hydrogens (tertiary/aromatic N) is 4. The summed E-state index contributed by atoms with van der Waals surface area (Å²) in [4.78, 5) is 56.4. The second-order valence-electron chi connectivity index (χ2n) is 25.5. The third-order valence-corrected chi connectivity index (χ3v) is 19.3. The quantitative estimate of drug-likeness (QED) is 0.0567. The van der Waals surface area contributed by atoms with Crippen LogP contribution in [0.4, 0.5) is 45.5 Å². The number of aromatic hydroxyl groups is 4. The van der Waals surface area contributed by atoms with Crippen molar-refractivity contribution in [1.29, 1.82) is 0 Å². The highest BCUT2D eigenvalue weighted by molar-refractivity contribution is 5.91. The van der Waals surface area contributed by atoms with Gasteiger partial charge in [-0.1, -0.05) is 27.7 Å². The third-order valence-electron chi connectivity index (χ3n) is 19.3. The number of phenolic OH excluding ortho intramolecular Hbond substituents is 4. The van der Waals surface area contributed by atoms with Gasteiger partial charge in [0.1, 0.15) is 46.0 Å². The summed E-state index contributed by atoms with van der Waals surface area (Å²) in [5, 5.41) is 65.0. The molecule has 0 saturated carbocycles. The van der Waals surface area contributed by atoms with Crippen LogP contribution in [0.3, 0.4) is 0 Å². The summed E-state index contributed by atoms with van der Waals surface area (Å²) < 4.78 is 27.9. The van der Waals surface area contributed by atoms with E-state index in [1.54, 1.807) is 0 Å². The van der Waals surface area contributed by atoms with E-state index in [9.17, 15) is 39.6 Å².